The molecule has 0 saturated carbocycles. The maximum Gasteiger partial charge on any atom is 0.149 e. The van der Waals surface area contributed by atoms with Crippen molar-refractivity contribution in [3.05, 3.63) is 121 Å². The lowest BCUT2D eigenvalue weighted by Gasteiger charge is -2.13. The van der Waals surface area contributed by atoms with Gasteiger partial charge in [-0.2, -0.15) is 5.26 Å². The molecule has 36 heavy (non-hydrogen) atoms. The van der Waals surface area contributed by atoms with Crippen LogP contribution in [-0.4, -0.2) is 10.2 Å². The second kappa shape index (κ2) is 9.96. The van der Waals surface area contributed by atoms with Gasteiger partial charge in [-0.1, -0.05) is 54.6 Å². The molecule has 5 rings (SSSR count). The molecule has 0 aliphatic rings. The van der Waals surface area contributed by atoms with Crippen LogP contribution in [-0.2, 0) is 0 Å². The molecule has 0 radical (unpaired) electrons. The van der Waals surface area contributed by atoms with E-state index in [-0.39, 0.29) is 11.5 Å². The lowest BCUT2D eigenvalue weighted by Crippen LogP contribution is -1.93. The van der Waals surface area contributed by atoms with E-state index in [4.69, 9.17) is 9.47 Å². The van der Waals surface area contributed by atoms with Crippen molar-refractivity contribution in [2.24, 2.45) is 0 Å². The van der Waals surface area contributed by atoms with Gasteiger partial charge in [0.15, 0.2) is 0 Å². The Morgan fingerprint density at radius 2 is 0.806 bits per heavy atom. The summed E-state index contributed by atoms with van der Waals surface area (Å²) in [4.78, 5) is 0. The largest absolute Gasteiger partial charge is 0.508 e. The molecule has 0 aliphatic carbocycles. The van der Waals surface area contributed by atoms with Crippen molar-refractivity contribution in [1.82, 2.24) is 0 Å². The smallest absolute Gasteiger partial charge is 0.149 e. The first-order valence-electron chi connectivity index (χ1n) is 11.3. The maximum absolute atomic E-state index is 9.83. The molecule has 2 N–H and O–H groups in total. The highest BCUT2D eigenvalue weighted by Crippen LogP contribution is 2.35. The van der Waals surface area contributed by atoms with Crippen LogP contribution >= 0.6 is 0 Å². The van der Waals surface area contributed by atoms with Gasteiger partial charge in [-0.3, -0.25) is 0 Å². The fourth-order valence-corrected chi connectivity index (χ4v) is 3.78. The minimum absolute atomic E-state index is 0.220. The van der Waals surface area contributed by atoms with Crippen LogP contribution in [0.3, 0.4) is 0 Å². The first kappa shape index (κ1) is 22.6. The fraction of sp³-hybridized carbons (Fsp3) is 0. The van der Waals surface area contributed by atoms with Crippen molar-refractivity contribution in [3.63, 3.8) is 0 Å². The van der Waals surface area contributed by atoms with Crippen LogP contribution in [0.5, 0.6) is 34.5 Å². The summed E-state index contributed by atoms with van der Waals surface area (Å²) >= 11 is 0. The molecule has 5 heteroatoms. The number of nitrogens with zero attached hydrogens (tertiary/aromatic N) is 1. The molecule has 174 valence electrons. The zero-order valence-electron chi connectivity index (χ0n) is 19.1. The molecule has 0 spiro atoms. The van der Waals surface area contributed by atoms with Gasteiger partial charge >= 0.3 is 0 Å². The number of aromatic hydroxyl groups is 2. The van der Waals surface area contributed by atoms with E-state index in [1.807, 2.05) is 72.8 Å². The number of nitriles is 1. The lowest BCUT2D eigenvalue weighted by atomic mass is 10.1. The van der Waals surface area contributed by atoms with Crippen LogP contribution < -0.4 is 9.47 Å². The molecule has 0 aromatic heterocycles. The van der Waals surface area contributed by atoms with Gasteiger partial charge in [0.1, 0.15) is 46.1 Å². The number of benzene rings is 5. The summed E-state index contributed by atoms with van der Waals surface area (Å²) in [6.45, 7) is 0. The Bertz CT molecular complexity index is 1410. The highest BCUT2D eigenvalue weighted by molar-refractivity contribution is 5.66. The molecule has 5 aromatic carbocycles. The highest BCUT2D eigenvalue weighted by Gasteiger charge is 2.13. The van der Waals surface area contributed by atoms with Crippen LogP contribution in [0, 0.1) is 11.3 Å². The third kappa shape index (κ3) is 4.98. The maximum atomic E-state index is 9.83. The van der Waals surface area contributed by atoms with Gasteiger partial charge in [0.05, 0.1) is 0 Å². The number of ether oxygens (including phenoxy) is 2. The minimum atomic E-state index is 0.220. The van der Waals surface area contributed by atoms with Gasteiger partial charge in [-0.15, -0.1) is 0 Å². The van der Waals surface area contributed by atoms with Gasteiger partial charge in [0, 0.05) is 0 Å². The molecule has 0 atom stereocenters. The molecule has 0 aliphatic heterocycles. The summed E-state index contributed by atoms with van der Waals surface area (Å²) in [6, 6.07) is 36.4. The highest BCUT2D eigenvalue weighted by atomic mass is 16.5. The van der Waals surface area contributed by atoms with E-state index in [0.29, 0.717) is 28.6 Å². The molecular formula is C31H21NO4. The van der Waals surface area contributed by atoms with E-state index in [1.165, 1.54) is 0 Å². The molecule has 0 fully saturated rings. The minimum Gasteiger partial charge on any atom is -0.508 e. The predicted molar refractivity (Wildman–Crippen MR) is 138 cm³/mol. The van der Waals surface area contributed by atoms with E-state index in [2.05, 4.69) is 6.07 Å². The van der Waals surface area contributed by atoms with E-state index in [1.54, 1.807) is 42.5 Å². The molecule has 0 unspecified atom stereocenters. The number of rotatable bonds is 6. The second-order valence-corrected chi connectivity index (χ2v) is 8.09. The Kier molecular flexibility index (Phi) is 6.25. The standard InChI is InChI=1S/C31H21NO4/c32-20-29-30(35-27-16-8-23(9-17-27)21-4-12-25(33)13-5-21)2-1-3-31(29)36-28-18-10-24(11-19-28)22-6-14-26(34)15-7-22/h1-19,33-34H. The van der Waals surface area contributed by atoms with E-state index < -0.39 is 0 Å². The Labute approximate surface area is 208 Å². The zero-order chi connectivity index (χ0) is 24.9. The first-order valence-corrected chi connectivity index (χ1v) is 11.3. The Morgan fingerprint density at radius 1 is 0.472 bits per heavy atom. The fourth-order valence-electron chi connectivity index (χ4n) is 3.78. The predicted octanol–water partition coefficient (Wildman–Crippen LogP) is 7.89. The topological polar surface area (TPSA) is 82.7 Å². The van der Waals surface area contributed by atoms with Crippen molar-refractivity contribution in [2.75, 3.05) is 0 Å². The van der Waals surface area contributed by atoms with Crippen LogP contribution in [0.2, 0.25) is 0 Å². The normalized spacial score (nSPS) is 10.4. The van der Waals surface area contributed by atoms with E-state index >= 15 is 0 Å². The van der Waals surface area contributed by atoms with Crippen molar-refractivity contribution in [2.45, 2.75) is 0 Å². The first-order chi connectivity index (χ1) is 17.6. The molecule has 5 aromatic rings. The molecule has 0 bridgehead atoms. The Hall–Kier alpha value is -5.21. The lowest BCUT2D eigenvalue weighted by molar-refractivity contribution is 0.457. The van der Waals surface area contributed by atoms with Gasteiger partial charge in [0.2, 0.25) is 0 Å². The third-order valence-electron chi connectivity index (χ3n) is 5.67. The molecule has 0 saturated heterocycles. The van der Waals surface area contributed by atoms with Gasteiger partial charge in [0.25, 0.3) is 0 Å². The van der Waals surface area contributed by atoms with Crippen LogP contribution in [0.4, 0.5) is 0 Å². The quantitative estimate of drug-likeness (QED) is 0.263. The summed E-state index contributed by atoms with van der Waals surface area (Å²) in [7, 11) is 0. The number of phenols is 2. The second-order valence-electron chi connectivity index (χ2n) is 8.09. The Morgan fingerprint density at radius 3 is 1.14 bits per heavy atom. The van der Waals surface area contributed by atoms with Crippen molar-refractivity contribution in [1.29, 1.82) is 5.26 Å². The van der Waals surface area contributed by atoms with E-state index in [0.717, 1.165) is 22.3 Å². The SMILES string of the molecule is N#Cc1c(Oc2ccc(-c3ccc(O)cc3)cc2)cccc1Oc1ccc(-c2ccc(O)cc2)cc1. The van der Waals surface area contributed by atoms with Crippen LogP contribution in [0.15, 0.2) is 115 Å². The molecule has 0 heterocycles. The van der Waals surface area contributed by atoms with Gasteiger partial charge in [-0.25, -0.2) is 0 Å². The number of hydrogen-bond acceptors (Lipinski definition) is 5. The zero-order valence-corrected chi connectivity index (χ0v) is 19.1. The monoisotopic (exact) mass is 471 g/mol. The van der Waals surface area contributed by atoms with Crippen molar-refractivity contribution >= 4 is 0 Å². The molecular weight excluding hydrogens is 450 g/mol. The summed E-state index contributed by atoms with van der Waals surface area (Å²) in [5.41, 5.74) is 4.21. The van der Waals surface area contributed by atoms with Crippen LogP contribution in [0.1, 0.15) is 5.56 Å². The van der Waals surface area contributed by atoms with Crippen molar-refractivity contribution in [3.8, 4) is 62.8 Å². The van der Waals surface area contributed by atoms with Gasteiger partial charge < -0.3 is 19.7 Å². The molecule has 5 nitrogen and oxygen atoms in total. The average Bonchev–Trinajstić information content (AvgIpc) is 2.91. The van der Waals surface area contributed by atoms with Crippen molar-refractivity contribution < 1.29 is 19.7 Å². The summed E-state index contributed by atoms with van der Waals surface area (Å²) in [5.74, 6) is 2.41. The Balaban J connectivity index is 1.33. The summed E-state index contributed by atoms with van der Waals surface area (Å²) < 4.78 is 12.0. The summed E-state index contributed by atoms with van der Waals surface area (Å²) in [6.07, 6.45) is 0. The summed E-state index contributed by atoms with van der Waals surface area (Å²) in [5, 5.41) is 28.8. The number of hydrogen-bond donors (Lipinski definition) is 2. The van der Waals surface area contributed by atoms with Crippen LogP contribution in [0.25, 0.3) is 22.3 Å². The van der Waals surface area contributed by atoms with E-state index in [9.17, 15) is 15.5 Å². The third-order valence-corrected chi connectivity index (χ3v) is 5.67. The average molecular weight is 472 g/mol. The number of phenolic OH excluding ortho intramolecular Hbond substituents is 2. The molecule has 0 amide bonds. The van der Waals surface area contributed by atoms with Gasteiger partial charge in [-0.05, 0) is 82.9 Å².